The van der Waals surface area contributed by atoms with Crippen LogP contribution in [0.1, 0.15) is 82.3 Å². The molecule has 2 fully saturated rings. The molecule has 1 saturated heterocycles. The van der Waals surface area contributed by atoms with Crippen LogP contribution in [0.25, 0.3) is 39.0 Å². The third-order valence-electron chi connectivity index (χ3n) is 12.9. The molecule has 2 aliphatic heterocycles. The summed E-state index contributed by atoms with van der Waals surface area (Å²) < 4.78 is 51.9. The summed E-state index contributed by atoms with van der Waals surface area (Å²) in [5, 5.41) is 14.6. The van der Waals surface area contributed by atoms with Crippen molar-refractivity contribution in [1.29, 1.82) is 0 Å². The summed E-state index contributed by atoms with van der Waals surface area (Å²) in [6.45, 7) is 8.44. The Kier molecular flexibility index (Phi) is 10.9. The van der Waals surface area contributed by atoms with Gasteiger partial charge in [0.2, 0.25) is 0 Å². The van der Waals surface area contributed by atoms with E-state index in [1.54, 1.807) is 78.0 Å². The third kappa shape index (κ3) is 7.90. The number of nitrogens with one attached hydrogen (secondary N) is 2. The Labute approximate surface area is 370 Å². The second-order valence-electron chi connectivity index (χ2n) is 17.3. The largest absolute Gasteiger partial charge is 0.438 e. The standard InChI is InChI=1S/C41H40F2N8O4.C6H8N2O2/c1-24-16-31(17-25(2)37(24)43)51-39(49-11-10-48(41(49)53)30-4-5-36-29(19-30)22-44-50(36)12-15-54-3)32-23-47(9-6-34(32)46-51)40(52)35-21-28-18-27(20-33(42)38(28)45-35)26-7-13-55-14-8-26;1-3-2-4(3)5-7-6(9)10-8-5/h4-5,10-11,16-22,26,45H,6-9,12-15,23H2,1-3H3;3-4H,2H2,1H3,(H,7,8,9)/t;3-,4+/m.0/s1. The van der Waals surface area contributed by atoms with Gasteiger partial charge in [-0.15, -0.1) is 0 Å². The minimum atomic E-state index is -0.450. The van der Waals surface area contributed by atoms with Crippen LogP contribution >= 0.6 is 0 Å². The lowest BCUT2D eigenvalue weighted by molar-refractivity contribution is 0.0729. The number of H-pyrrole nitrogens is 2. The number of hydrogen-bond donors (Lipinski definition) is 2. The van der Waals surface area contributed by atoms with Gasteiger partial charge >= 0.3 is 11.4 Å². The number of rotatable bonds is 9. The molecule has 5 aromatic heterocycles. The molecule has 2 atom stereocenters. The van der Waals surface area contributed by atoms with Crippen molar-refractivity contribution in [3.8, 4) is 17.2 Å². The molecule has 7 heterocycles. The van der Waals surface area contributed by atoms with Crippen molar-refractivity contribution in [2.24, 2.45) is 5.92 Å². The fourth-order valence-electron chi connectivity index (χ4n) is 9.20. The van der Waals surface area contributed by atoms with Crippen molar-refractivity contribution >= 4 is 27.7 Å². The number of aryl methyl sites for hydroxylation is 2. The molecular formula is C47H48F2N10O6. The van der Waals surface area contributed by atoms with Crippen molar-refractivity contribution in [2.75, 3.05) is 33.5 Å². The topological polar surface area (TPSA) is 176 Å². The van der Waals surface area contributed by atoms with Gasteiger partial charge in [-0.2, -0.15) is 10.2 Å². The van der Waals surface area contributed by atoms with Gasteiger partial charge in [0.25, 0.3) is 5.91 Å². The van der Waals surface area contributed by atoms with Crippen LogP contribution < -0.4 is 11.4 Å². The Morgan fingerprint density at radius 1 is 0.954 bits per heavy atom. The van der Waals surface area contributed by atoms with Gasteiger partial charge in [0.1, 0.15) is 23.1 Å². The predicted molar refractivity (Wildman–Crippen MR) is 236 cm³/mol. The van der Waals surface area contributed by atoms with Crippen LogP contribution in [0, 0.1) is 31.4 Å². The van der Waals surface area contributed by atoms with Crippen LogP contribution in [0.5, 0.6) is 0 Å². The molecule has 1 aliphatic carbocycles. The number of methoxy groups -OCH3 is 1. The fourth-order valence-corrected chi connectivity index (χ4v) is 9.20. The number of fused-ring (bicyclic) bond motifs is 3. The van der Waals surface area contributed by atoms with E-state index >= 15 is 4.39 Å². The number of aromatic amines is 2. The van der Waals surface area contributed by atoms with Crippen molar-refractivity contribution in [3.63, 3.8) is 0 Å². The predicted octanol–water partition coefficient (Wildman–Crippen LogP) is 6.77. The maximum absolute atomic E-state index is 15.4. The van der Waals surface area contributed by atoms with E-state index in [0.717, 1.165) is 41.4 Å². The summed E-state index contributed by atoms with van der Waals surface area (Å²) in [5.41, 5.74) is 5.61. The van der Waals surface area contributed by atoms with Gasteiger partial charge in [-0.25, -0.2) is 23.1 Å². The quantitative estimate of drug-likeness (QED) is 0.159. The van der Waals surface area contributed by atoms with E-state index in [1.807, 2.05) is 28.9 Å². The Bertz CT molecular complexity index is 3190. The molecule has 3 aliphatic rings. The lowest BCUT2D eigenvalue weighted by atomic mass is 9.91. The first-order valence-electron chi connectivity index (χ1n) is 21.8. The van der Waals surface area contributed by atoms with E-state index in [9.17, 15) is 18.8 Å². The molecule has 65 heavy (non-hydrogen) atoms. The third-order valence-corrected chi connectivity index (χ3v) is 12.9. The molecular weight excluding hydrogens is 839 g/mol. The Hall–Kier alpha value is -6.92. The number of amides is 1. The minimum absolute atomic E-state index is 0.151. The van der Waals surface area contributed by atoms with E-state index in [-0.39, 0.29) is 35.6 Å². The summed E-state index contributed by atoms with van der Waals surface area (Å²) in [6, 6.07) is 14.4. The van der Waals surface area contributed by atoms with Gasteiger partial charge in [-0.3, -0.25) is 28.1 Å². The summed E-state index contributed by atoms with van der Waals surface area (Å²) in [7, 11) is 1.65. The van der Waals surface area contributed by atoms with Gasteiger partial charge < -0.3 is 19.4 Å². The second-order valence-corrected chi connectivity index (χ2v) is 17.3. The van der Waals surface area contributed by atoms with Gasteiger partial charge in [0.15, 0.2) is 5.82 Å². The van der Waals surface area contributed by atoms with Crippen LogP contribution in [0.4, 0.5) is 8.78 Å². The van der Waals surface area contributed by atoms with Gasteiger partial charge in [-0.1, -0.05) is 12.1 Å². The van der Waals surface area contributed by atoms with Gasteiger partial charge in [-0.05, 0) is 110 Å². The number of hydrogen-bond acceptors (Lipinski definition) is 9. The van der Waals surface area contributed by atoms with Crippen LogP contribution in [0.2, 0.25) is 0 Å². The highest BCUT2D eigenvalue weighted by molar-refractivity contribution is 5.98. The molecule has 2 N–H and O–H groups in total. The number of nitrogens with zero attached hydrogens (tertiary/aromatic N) is 8. The Morgan fingerprint density at radius 3 is 2.45 bits per heavy atom. The van der Waals surface area contributed by atoms with E-state index < -0.39 is 11.6 Å². The molecule has 1 amide bonds. The van der Waals surface area contributed by atoms with Crippen LogP contribution in [-0.4, -0.2) is 88.1 Å². The molecule has 0 unspecified atom stereocenters. The minimum Gasteiger partial charge on any atom is -0.383 e. The first kappa shape index (κ1) is 42.1. The normalized spacial score (nSPS) is 17.4. The molecule has 3 aromatic carbocycles. The highest BCUT2D eigenvalue weighted by atomic mass is 19.1. The molecule has 0 bridgehead atoms. The SMILES string of the molecule is COCCn1ncc2cc(-n3ccn(-c4c5c(nn4-c4cc(C)c(F)c(C)c4)CCN(C(=O)c4cc6cc(C7CCOCC7)cc(F)c6[nH]4)C5)c3=O)ccc21.C[C@H]1C[C@H]1c1noc(=O)[nH]1. The lowest BCUT2D eigenvalue weighted by Crippen LogP contribution is -2.36. The number of halogens is 2. The second kappa shape index (κ2) is 16.9. The van der Waals surface area contributed by atoms with Crippen molar-refractivity contribution < 1.29 is 27.6 Å². The van der Waals surface area contributed by atoms with Crippen LogP contribution in [0.15, 0.2) is 81.2 Å². The number of ether oxygens (including phenoxy) is 2. The van der Waals surface area contributed by atoms with Gasteiger partial charge in [0, 0.05) is 67.9 Å². The zero-order valence-corrected chi connectivity index (χ0v) is 36.4. The monoisotopic (exact) mass is 886 g/mol. The number of imidazole rings is 1. The van der Waals surface area contributed by atoms with E-state index in [2.05, 4.69) is 31.7 Å². The first-order valence-corrected chi connectivity index (χ1v) is 21.8. The average molecular weight is 887 g/mol. The van der Waals surface area contributed by atoms with E-state index in [4.69, 9.17) is 14.6 Å². The number of carbonyl (C=O) groups is 1. The molecule has 0 spiro atoms. The highest BCUT2D eigenvalue weighted by Crippen LogP contribution is 2.45. The summed E-state index contributed by atoms with van der Waals surface area (Å²) >= 11 is 0. The number of carbonyl (C=O) groups excluding carboxylic acids is 1. The summed E-state index contributed by atoms with van der Waals surface area (Å²) in [4.78, 5) is 46.2. The smallest absolute Gasteiger partial charge is 0.383 e. The molecule has 16 nitrogen and oxygen atoms in total. The maximum Gasteiger partial charge on any atom is 0.438 e. The lowest BCUT2D eigenvalue weighted by Gasteiger charge is -2.26. The van der Waals surface area contributed by atoms with Gasteiger partial charge in [0.05, 0.1) is 54.0 Å². The molecule has 1 saturated carbocycles. The molecule has 11 rings (SSSR count). The molecule has 336 valence electrons. The summed E-state index contributed by atoms with van der Waals surface area (Å²) in [6.07, 6.45) is 8.33. The zero-order chi connectivity index (χ0) is 45.1. The fraction of sp³-hybridized carbons (Fsp3) is 0.362. The number of benzene rings is 3. The summed E-state index contributed by atoms with van der Waals surface area (Å²) in [5.74, 6) is 1.02. The van der Waals surface area contributed by atoms with Crippen molar-refractivity contribution in [2.45, 2.75) is 71.4 Å². The highest BCUT2D eigenvalue weighted by Gasteiger charge is 2.37. The van der Waals surface area contributed by atoms with E-state index in [0.29, 0.717) is 102 Å². The Morgan fingerprint density at radius 2 is 1.72 bits per heavy atom. The first-order chi connectivity index (χ1) is 31.4. The van der Waals surface area contributed by atoms with Crippen molar-refractivity contribution in [3.05, 3.63) is 139 Å². The van der Waals surface area contributed by atoms with Crippen molar-refractivity contribution in [1.82, 2.24) is 48.7 Å². The zero-order valence-electron chi connectivity index (χ0n) is 36.4. The Balaban J connectivity index is 0.000000437. The van der Waals surface area contributed by atoms with Crippen LogP contribution in [0.3, 0.4) is 0 Å². The molecule has 8 aromatic rings. The van der Waals surface area contributed by atoms with Crippen LogP contribution in [-0.2, 0) is 29.0 Å². The maximum atomic E-state index is 15.4. The number of aromatic nitrogens is 9. The molecule has 18 heteroatoms. The molecule has 0 radical (unpaired) electrons. The average Bonchev–Trinajstić information content (AvgIpc) is 3.90. The van der Waals surface area contributed by atoms with E-state index in [1.165, 1.54) is 4.57 Å².